The molecule has 1 amide bonds. The maximum atomic E-state index is 13.9. The highest BCUT2D eigenvalue weighted by Gasteiger charge is 2.46. The Kier molecular flexibility index (Phi) is 5.40. The van der Waals surface area contributed by atoms with Crippen LogP contribution >= 0.6 is 0 Å². The maximum Gasteiger partial charge on any atom is 0.254 e. The summed E-state index contributed by atoms with van der Waals surface area (Å²) in [6.07, 6.45) is 4.60. The first-order valence-electron chi connectivity index (χ1n) is 13.4. The number of nitrogens with zero attached hydrogens (tertiary/aromatic N) is 5. The zero-order chi connectivity index (χ0) is 26.1. The number of aryl methyl sites for hydroxylation is 2. The quantitative estimate of drug-likeness (QED) is 0.527. The van der Waals surface area contributed by atoms with Crippen molar-refractivity contribution in [1.29, 1.82) is 0 Å². The summed E-state index contributed by atoms with van der Waals surface area (Å²) in [6, 6.07) is 7.62. The number of likely N-dealkylation sites (tertiary alicyclic amines) is 1. The summed E-state index contributed by atoms with van der Waals surface area (Å²) in [5, 5.41) is 4.64. The van der Waals surface area contributed by atoms with E-state index in [1.54, 1.807) is 19.2 Å². The lowest BCUT2D eigenvalue weighted by Gasteiger charge is -2.35. The second-order valence-electron chi connectivity index (χ2n) is 11.0. The van der Waals surface area contributed by atoms with Gasteiger partial charge in [-0.05, 0) is 62.4 Å². The standard InChI is InChI=1S/C29H30FN5O3/c1-16-9-18-10-26(36)24-13-31-35(19-5-7-38-8-6-19)28(24)23(18)12-22(16)29(37)34-15-20-11-21(34)14-33(20)27-4-3-25(30)17(2)32-27/h3-4,9,12-13,19-21H,5-8,10-11,14-15H2,1-2H3/t20-,21-/m0/s1. The number of hydrogen-bond acceptors (Lipinski definition) is 6. The highest BCUT2D eigenvalue weighted by molar-refractivity contribution is 6.07. The molecule has 3 fully saturated rings. The van der Waals surface area contributed by atoms with Crippen molar-refractivity contribution in [3.63, 3.8) is 0 Å². The van der Waals surface area contributed by atoms with Crippen LogP contribution in [0.15, 0.2) is 30.5 Å². The van der Waals surface area contributed by atoms with E-state index in [1.807, 2.05) is 28.6 Å². The number of Topliss-reactive ketones (excluding diaryl/α,β-unsaturated/α-hetero) is 1. The molecule has 4 aliphatic rings. The fraction of sp³-hybridized carbons (Fsp3) is 0.448. The minimum Gasteiger partial charge on any atom is -0.381 e. The third-order valence-electron chi connectivity index (χ3n) is 8.72. The first kappa shape index (κ1) is 23.5. The van der Waals surface area contributed by atoms with Crippen molar-refractivity contribution in [2.24, 2.45) is 0 Å². The van der Waals surface area contributed by atoms with Crippen LogP contribution in [0.5, 0.6) is 0 Å². The molecule has 196 valence electrons. The third kappa shape index (κ3) is 3.59. The Morgan fingerprint density at radius 1 is 1.05 bits per heavy atom. The fourth-order valence-electron chi connectivity index (χ4n) is 6.72. The summed E-state index contributed by atoms with van der Waals surface area (Å²) < 4.78 is 21.3. The number of fused-ring (bicyclic) bond motifs is 5. The van der Waals surface area contributed by atoms with Crippen LogP contribution in [0.1, 0.15) is 62.8 Å². The fourth-order valence-corrected chi connectivity index (χ4v) is 6.72. The average molecular weight is 516 g/mol. The molecule has 2 bridgehead atoms. The van der Waals surface area contributed by atoms with E-state index in [0.29, 0.717) is 49.5 Å². The van der Waals surface area contributed by atoms with Crippen molar-refractivity contribution in [3.8, 4) is 11.3 Å². The Morgan fingerprint density at radius 3 is 2.61 bits per heavy atom. The number of amides is 1. The number of benzene rings is 1. The van der Waals surface area contributed by atoms with Crippen molar-refractivity contribution in [1.82, 2.24) is 19.7 Å². The highest BCUT2D eigenvalue weighted by Crippen LogP contribution is 2.40. The van der Waals surface area contributed by atoms with Gasteiger partial charge in [0.2, 0.25) is 0 Å². The van der Waals surface area contributed by atoms with E-state index in [1.165, 1.54) is 6.07 Å². The minimum absolute atomic E-state index is 0.0243. The van der Waals surface area contributed by atoms with Gasteiger partial charge < -0.3 is 14.5 Å². The van der Waals surface area contributed by atoms with E-state index in [0.717, 1.165) is 47.5 Å². The topological polar surface area (TPSA) is 80.6 Å². The summed E-state index contributed by atoms with van der Waals surface area (Å²) in [7, 11) is 0. The van der Waals surface area contributed by atoms with Gasteiger partial charge in [-0.1, -0.05) is 6.07 Å². The van der Waals surface area contributed by atoms with E-state index >= 15 is 0 Å². The van der Waals surface area contributed by atoms with Gasteiger partial charge in [0.1, 0.15) is 11.6 Å². The number of ketones is 1. The molecular weight excluding hydrogens is 485 g/mol. The molecule has 9 heteroatoms. The van der Waals surface area contributed by atoms with E-state index in [4.69, 9.17) is 4.74 Å². The normalized spacial score (nSPS) is 22.7. The summed E-state index contributed by atoms with van der Waals surface area (Å²) >= 11 is 0. The number of rotatable bonds is 3. The number of piperazine rings is 1. The lowest BCUT2D eigenvalue weighted by Crippen LogP contribution is -2.49. The van der Waals surface area contributed by atoms with Crippen LogP contribution in [0.2, 0.25) is 0 Å². The van der Waals surface area contributed by atoms with Gasteiger partial charge in [-0.25, -0.2) is 9.37 Å². The Bertz CT molecular complexity index is 1480. The van der Waals surface area contributed by atoms with Crippen LogP contribution in [-0.4, -0.2) is 69.7 Å². The number of carbonyl (C=O) groups is 2. The molecule has 3 saturated heterocycles. The third-order valence-corrected chi connectivity index (χ3v) is 8.72. The predicted octanol–water partition coefficient (Wildman–Crippen LogP) is 3.89. The van der Waals surface area contributed by atoms with Gasteiger partial charge in [-0.2, -0.15) is 5.10 Å². The van der Waals surface area contributed by atoms with Crippen molar-refractivity contribution in [3.05, 3.63) is 64.2 Å². The molecule has 0 N–H and O–H groups in total. The monoisotopic (exact) mass is 515 g/mol. The number of ether oxygens (including phenoxy) is 1. The Hall–Kier alpha value is -3.59. The van der Waals surface area contributed by atoms with Crippen LogP contribution in [0.25, 0.3) is 11.3 Å². The van der Waals surface area contributed by atoms with Crippen LogP contribution < -0.4 is 4.90 Å². The van der Waals surface area contributed by atoms with E-state index in [2.05, 4.69) is 15.0 Å². The summed E-state index contributed by atoms with van der Waals surface area (Å²) in [5.41, 5.74) is 5.33. The van der Waals surface area contributed by atoms with Crippen molar-refractivity contribution < 1.29 is 18.7 Å². The number of pyridine rings is 1. The van der Waals surface area contributed by atoms with E-state index in [-0.39, 0.29) is 35.6 Å². The Balaban J connectivity index is 1.19. The molecule has 3 aliphatic heterocycles. The van der Waals surface area contributed by atoms with Gasteiger partial charge in [0.15, 0.2) is 5.78 Å². The number of hydrogen-bond donors (Lipinski definition) is 0. The van der Waals surface area contributed by atoms with Crippen molar-refractivity contribution in [2.75, 3.05) is 31.2 Å². The molecule has 1 aliphatic carbocycles. The molecule has 38 heavy (non-hydrogen) atoms. The zero-order valence-electron chi connectivity index (χ0n) is 21.6. The molecule has 2 atom stereocenters. The molecule has 2 aromatic heterocycles. The van der Waals surface area contributed by atoms with Gasteiger partial charge in [-0.15, -0.1) is 0 Å². The Labute approximate surface area is 220 Å². The smallest absolute Gasteiger partial charge is 0.254 e. The van der Waals surface area contributed by atoms with Crippen LogP contribution in [0.3, 0.4) is 0 Å². The van der Waals surface area contributed by atoms with Crippen molar-refractivity contribution in [2.45, 2.75) is 57.7 Å². The molecular formula is C29H30FN5O3. The molecule has 0 spiro atoms. The summed E-state index contributed by atoms with van der Waals surface area (Å²) in [6.45, 7) is 6.29. The number of halogens is 1. The molecule has 5 heterocycles. The minimum atomic E-state index is -0.305. The molecule has 3 aromatic rings. The SMILES string of the molecule is Cc1cc2c(cc1C(=O)N1C[C@@H]3C[C@H]1CN3c1ccc(F)c(C)n1)-c1c(cnn1C1CCOCC1)C(=O)C2. The van der Waals surface area contributed by atoms with Gasteiger partial charge in [0.05, 0.1) is 41.3 Å². The second kappa shape index (κ2) is 8.73. The predicted molar refractivity (Wildman–Crippen MR) is 139 cm³/mol. The number of anilines is 1. The van der Waals surface area contributed by atoms with Crippen LogP contribution in [-0.2, 0) is 11.2 Å². The maximum absolute atomic E-state index is 13.9. The van der Waals surface area contributed by atoms with Gasteiger partial charge in [0, 0.05) is 43.9 Å². The lowest BCUT2D eigenvalue weighted by molar-refractivity contribution is 0.0667. The second-order valence-corrected chi connectivity index (χ2v) is 11.0. The van der Waals surface area contributed by atoms with Crippen LogP contribution in [0.4, 0.5) is 10.2 Å². The largest absolute Gasteiger partial charge is 0.381 e. The van der Waals surface area contributed by atoms with Crippen molar-refractivity contribution >= 4 is 17.5 Å². The molecule has 0 unspecified atom stereocenters. The zero-order valence-corrected chi connectivity index (χ0v) is 21.6. The Morgan fingerprint density at radius 2 is 1.87 bits per heavy atom. The van der Waals surface area contributed by atoms with Crippen LogP contribution in [0, 0.1) is 19.7 Å². The first-order valence-corrected chi connectivity index (χ1v) is 13.4. The summed E-state index contributed by atoms with van der Waals surface area (Å²) in [5.74, 6) is 0.565. The van der Waals surface area contributed by atoms with Gasteiger partial charge in [-0.3, -0.25) is 14.3 Å². The van der Waals surface area contributed by atoms with Gasteiger partial charge in [0.25, 0.3) is 5.91 Å². The average Bonchev–Trinajstić information content (AvgIpc) is 3.65. The molecule has 0 saturated carbocycles. The number of carbonyl (C=O) groups excluding carboxylic acids is 2. The van der Waals surface area contributed by atoms with Gasteiger partial charge >= 0.3 is 0 Å². The lowest BCUT2D eigenvalue weighted by atomic mass is 9.86. The molecule has 8 nitrogen and oxygen atoms in total. The summed E-state index contributed by atoms with van der Waals surface area (Å²) in [4.78, 5) is 35.5. The highest BCUT2D eigenvalue weighted by atomic mass is 19.1. The number of aromatic nitrogens is 3. The van der Waals surface area contributed by atoms with E-state index in [9.17, 15) is 14.0 Å². The molecule has 7 rings (SSSR count). The first-order chi connectivity index (χ1) is 18.4. The molecule has 1 aromatic carbocycles. The molecule has 0 radical (unpaired) electrons. The van der Waals surface area contributed by atoms with E-state index < -0.39 is 0 Å².